The van der Waals surface area contributed by atoms with Crippen molar-refractivity contribution in [3.63, 3.8) is 0 Å². The Labute approximate surface area is 169 Å². The monoisotopic (exact) mass is 428 g/mol. The molecule has 0 atom stereocenters. The third-order valence-electron chi connectivity index (χ3n) is 3.59. The number of ether oxygens (including phenoxy) is 1. The van der Waals surface area contributed by atoms with Crippen LogP contribution in [0.4, 0.5) is 18.9 Å². The molecule has 0 spiro atoms. The lowest BCUT2D eigenvalue weighted by Gasteiger charge is -2.08. The average Bonchev–Trinajstić information content (AvgIpc) is 2.66. The molecule has 0 unspecified atom stereocenters. The van der Waals surface area contributed by atoms with E-state index in [-0.39, 0.29) is 35.7 Å². The van der Waals surface area contributed by atoms with E-state index in [1.807, 2.05) is 0 Å². The van der Waals surface area contributed by atoms with Gasteiger partial charge in [-0.15, -0.1) is 0 Å². The van der Waals surface area contributed by atoms with Gasteiger partial charge in [-0.05, 0) is 36.8 Å². The Bertz CT molecular complexity index is 924. The van der Waals surface area contributed by atoms with E-state index in [1.54, 1.807) is 0 Å². The molecular weight excluding hydrogens is 413 g/mol. The van der Waals surface area contributed by atoms with Crippen LogP contribution < -0.4 is 10.6 Å². The van der Waals surface area contributed by atoms with E-state index in [2.05, 4.69) is 10.6 Å². The third-order valence-corrected chi connectivity index (χ3v) is 3.82. The van der Waals surface area contributed by atoms with Crippen LogP contribution in [0.2, 0.25) is 5.02 Å². The maximum absolute atomic E-state index is 13.5. The summed E-state index contributed by atoms with van der Waals surface area (Å²) in [5, 5.41) is 4.83. The Morgan fingerprint density at radius 2 is 1.76 bits per heavy atom. The summed E-state index contributed by atoms with van der Waals surface area (Å²) in [5.41, 5.74) is -0.465. The van der Waals surface area contributed by atoms with Crippen LogP contribution in [0.1, 0.15) is 23.2 Å². The van der Waals surface area contributed by atoms with Crippen LogP contribution in [0.5, 0.6) is 0 Å². The van der Waals surface area contributed by atoms with Crippen molar-refractivity contribution in [3.8, 4) is 0 Å². The Morgan fingerprint density at radius 3 is 2.48 bits per heavy atom. The van der Waals surface area contributed by atoms with Gasteiger partial charge in [-0.2, -0.15) is 0 Å². The van der Waals surface area contributed by atoms with Crippen LogP contribution in [-0.2, 0) is 14.3 Å². The van der Waals surface area contributed by atoms with Gasteiger partial charge >= 0.3 is 5.97 Å². The minimum Gasteiger partial charge on any atom is -0.456 e. The molecule has 29 heavy (non-hydrogen) atoms. The molecule has 6 nitrogen and oxygen atoms in total. The Kier molecular flexibility index (Phi) is 8.02. The fourth-order valence-electron chi connectivity index (χ4n) is 2.20. The van der Waals surface area contributed by atoms with Crippen LogP contribution in [0.15, 0.2) is 36.4 Å². The maximum Gasteiger partial charge on any atom is 0.306 e. The summed E-state index contributed by atoms with van der Waals surface area (Å²) in [6, 6.07) is 6.16. The van der Waals surface area contributed by atoms with E-state index >= 15 is 0 Å². The lowest BCUT2D eigenvalue weighted by molar-refractivity contribution is -0.147. The van der Waals surface area contributed by atoms with Crippen LogP contribution >= 0.6 is 11.6 Å². The second-order valence-corrected chi connectivity index (χ2v) is 6.25. The SMILES string of the molecule is O=C(COC(=O)CCCNC(=O)c1ccc(F)cc1F)Nc1cc(Cl)ccc1F. The zero-order valence-electron chi connectivity index (χ0n) is 14.9. The van der Waals surface area contributed by atoms with Crippen LogP contribution in [0.25, 0.3) is 0 Å². The van der Waals surface area contributed by atoms with Gasteiger partial charge in [0, 0.05) is 24.1 Å². The lowest BCUT2D eigenvalue weighted by Crippen LogP contribution is -2.26. The molecule has 0 aliphatic heterocycles. The molecule has 0 radical (unpaired) electrons. The van der Waals surface area contributed by atoms with E-state index in [9.17, 15) is 27.6 Å². The summed E-state index contributed by atoms with van der Waals surface area (Å²) >= 11 is 5.70. The van der Waals surface area contributed by atoms with Gasteiger partial charge in [0.15, 0.2) is 6.61 Å². The van der Waals surface area contributed by atoms with Crippen LogP contribution in [-0.4, -0.2) is 30.9 Å². The molecule has 0 aromatic heterocycles. The number of hydrogen-bond acceptors (Lipinski definition) is 4. The highest BCUT2D eigenvalue weighted by atomic mass is 35.5. The topological polar surface area (TPSA) is 84.5 Å². The average molecular weight is 429 g/mol. The molecule has 0 saturated heterocycles. The molecule has 2 amide bonds. The number of nitrogens with one attached hydrogen (secondary N) is 2. The highest BCUT2D eigenvalue weighted by Crippen LogP contribution is 2.19. The van der Waals surface area contributed by atoms with Crippen molar-refractivity contribution in [2.24, 2.45) is 0 Å². The smallest absolute Gasteiger partial charge is 0.306 e. The van der Waals surface area contributed by atoms with Crippen molar-refractivity contribution in [1.29, 1.82) is 0 Å². The highest BCUT2D eigenvalue weighted by Gasteiger charge is 2.13. The van der Waals surface area contributed by atoms with Gasteiger partial charge in [0.2, 0.25) is 0 Å². The number of rotatable bonds is 8. The number of carbonyl (C=O) groups excluding carboxylic acids is 3. The Hall–Kier alpha value is -3.07. The molecule has 0 aliphatic carbocycles. The van der Waals surface area contributed by atoms with Gasteiger partial charge in [0.25, 0.3) is 11.8 Å². The van der Waals surface area contributed by atoms with Crippen LogP contribution in [0, 0.1) is 17.5 Å². The summed E-state index contributed by atoms with van der Waals surface area (Å²) in [4.78, 5) is 35.1. The second-order valence-electron chi connectivity index (χ2n) is 5.82. The standard InChI is InChI=1S/C19H16ClF3N2O4/c20-11-3-6-14(22)16(8-11)25-17(26)10-29-18(27)2-1-7-24-19(28)13-5-4-12(21)9-15(13)23/h3-6,8-9H,1-2,7,10H2,(H,24,28)(H,25,26). The van der Waals surface area contributed by atoms with Gasteiger partial charge in [-0.25, -0.2) is 13.2 Å². The first-order valence-corrected chi connectivity index (χ1v) is 8.78. The van der Waals surface area contributed by atoms with Crippen molar-refractivity contribution < 1.29 is 32.3 Å². The molecule has 2 aromatic rings. The minimum atomic E-state index is -0.996. The van der Waals surface area contributed by atoms with Crippen molar-refractivity contribution in [3.05, 3.63) is 64.4 Å². The first-order chi connectivity index (χ1) is 13.8. The summed E-state index contributed by atoms with van der Waals surface area (Å²) in [5.74, 6) is -4.71. The lowest BCUT2D eigenvalue weighted by atomic mass is 10.2. The predicted octanol–water partition coefficient (Wildman–Crippen LogP) is 3.45. The summed E-state index contributed by atoms with van der Waals surface area (Å²) in [7, 11) is 0. The van der Waals surface area contributed by atoms with Crippen molar-refractivity contribution in [1.82, 2.24) is 5.32 Å². The number of amides is 2. The van der Waals surface area contributed by atoms with E-state index in [4.69, 9.17) is 16.3 Å². The molecule has 0 heterocycles. The first kappa shape index (κ1) is 22.2. The van der Waals surface area contributed by atoms with Gasteiger partial charge in [-0.1, -0.05) is 11.6 Å². The van der Waals surface area contributed by atoms with E-state index in [0.29, 0.717) is 6.07 Å². The molecular formula is C19H16ClF3N2O4. The van der Waals surface area contributed by atoms with Crippen molar-refractivity contribution in [2.45, 2.75) is 12.8 Å². The van der Waals surface area contributed by atoms with E-state index in [1.165, 1.54) is 12.1 Å². The third kappa shape index (κ3) is 7.11. The quantitative estimate of drug-likeness (QED) is 0.498. The van der Waals surface area contributed by atoms with E-state index in [0.717, 1.165) is 18.2 Å². The van der Waals surface area contributed by atoms with Gasteiger partial charge in [0.1, 0.15) is 17.5 Å². The van der Waals surface area contributed by atoms with E-state index < -0.39 is 41.8 Å². The Balaban J connectivity index is 1.67. The zero-order chi connectivity index (χ0) is 21.4. The molecule has 0 saturated carbocycles. The molecule has 0 aliphatic rings. The van der Waals surface area contributed by atoms with Crippen molar-refractivity contribution in [2.75, 3.05) is 18.5 Å². The maximum atomic E-state index is 13.5. The summed E-state index contributed by atoms with van der Waals surface area (Å²) in [6.45, 7) is -0.595. The number of carbonyl (C=O) groups is 3. The van der Waals surface area contributed by atoms with Crippen molar-refractivity contribution >= 4 is 35.1 Å². The molecule has 2 aromatic carbocycles. The molecule has 0 fully saturated rings. The molecule has 2 rings (SSSR count). The zero-order valence-corrected chi connectivity index (χ0v) is 15.7. The molecule has 10 heteroatoms. The fraction of sp³-hybridized carbons (Fsp3) is 0.211. The fourth-order valence-corrected chi connectivity index (χ4v) is 2.37. The number of halogens is 4. The molecule has 2 N–H and O–H groups in total. The minimum absolute atomic E-state index is 0.0324. The second kappa shape index (κ2) is 10.5. The number of anilines is 1. The normalized spacial score (nSPS) is 10.3. The molecule has 0 bridgehead atoms. The number of hydrogen-bond donors (Lipinski definition) is 2. The largest absolute Gasteiger partial charge is 0.456 e. The summed E-state index contributed by atoms with van der Waals surface area (Å²) < 4.78 is 44.6. The highest BCUT2D eigenvalue weighted by molar-refractivity contribution is 6.30. The molecule has 154 valence electrons. The first-order valence-electron chi connectivity index (χ1n) is 8.40. The van der Waals surface area contributed by atoms with Crippen LogP contribution in [0.3, 0.4) is 0 Å². The predicted molar refractivity (Wildman–Crippen MR) is 98.9 cm³/mol. The summed E-state index contributed by atoms with van der Waals surface area (Å²) in [6.07, 6.45) is 0.0446. The number of esters is 1. The van der Waals surface area contributed by atoms with Gasteiger partial charge < -0.3 is 15.4 Å². The van der Waals surface area contributed by atoms with Gasteiger partial charge in [-0.3, -0.25) is 14.4 Å². The number of benzene rings is 2. The Morgan fingerprint density at radius 1 is 1.00 bits per heavy atom. The van der Waals surface area contributed by atoms with Gasteiger partial charge in [0.05, 0.1) is 11.3 Å².